The Hall–Kier alpha value is -0.760. The van der Waals surface area contributed by atoms with Crippen molar-refractivity contribution in [3.63, 3.8) is 0 Å². The zero-order valence-corrected chi connectivity index (χ0v) is 6.52. The lowest BCUT2D eigenvalue weighted by atomic mass is 10.1. The summed E-state index contributed by atoms with van der Waals surface area (Å²) in [7, 11) is 0. The second-order valence-corrected chi connectivity index (χ2v) is 2.86. The van der Waals surface area contributed by atoms with Gasteiger partial charge in [0, 0.05) is 5.56 Å². The van der Waals surface area contributed by atoms with E-state index in [2.05, 4.69) is 36.7 Å². The summed E-state index contributed by atoms with van der Waals surface area (Å²) < 4.78 is 0. The minimum absolute atomic E-state index is 0.845. The Morgan fingerprint density at radius 2 is 2.20 bits per heavy atom. The first-order chi connectivity index (χ1) is 4.77. The summed E-state index contributed by atoms with van der Waals surface area (Å²) in [6, 6.07) is 6.12. The molecule has 0 unspecified atom stereocenters. The molecule has 0 spiro atoms. The third-order valence-corrected chi connectivity index (χ3v) is 2.04. The molecule has 10 heavy (non-hydrogen) atoms. The van der Waals surface area contributed by atoms with Crippen LogP contribution in [0.5, 0.6) is 0 Å². The summed E-state index contributed by atoms with van der Waals surface area (Å²) in [4.78, 5) is 4.20. The highest BCUT2D eigenvalue weighted by Crippen LogP contribution is 2.27. The maximum absolute atomic E-state index is 4.23. The van der Waals surface area contributed by atoms with E-state index in [1.807, 2.05) is 6.07 Å². The lowest BCUT2D eigenvalue weighted by molar-refractivity contribution is 1.47. The maximum atomic E-state index is 4.23. The Morgan fingerprint density at radius 3 is 2.90 bits per heavy atom. The van der Waals surface area contributed by atoms with Crippen LogP contribution in [0, 0.1) is 6.92 Å². The van der Waals surface area contributed by atoms with Crippen LogP contribution in [0.15, 0.2) is 23.2 Å². The number of hydrogen-bond donors (Lipinski definition) is 1. The molecule has 2 heteroatoms. The number of benzene rings is 1. The fraction of sp³-hybridized carbons (Fsp3) is 0.125. The van der Waals surface area contributed by atoms with E-state index < -0.39 is 0 Å². The molecule has 2 bridgehead atoms. The molecule has 1 heterocycles. The van der Waals surface area contributed by atoms with Gasteiger partial charge in [0.25, 0.3) is 0 Å². The maximum Gasteiger partial charge on any atom is 0.101 e. The van der Waals surface area contributed by atoms with Gasteiger partial charge in [0.2, 0.25) is 0 Å². The molecule has 1 aliphatic rings. The van der Waals surface area contributed by atoms with Gasteiger partial charge in [-0.1, -0.05) is 6.07 Å². The fourth-order valence-corrected chi connectivity index (χ4v) is 1.46. The molecule has 50 valence electrons. The minimum atomic E-state index is 0.845. The van der Waals surface area contributed by atoms with Crippen molar-refractivity contribution in [2.75, 3.05) is 0 Å². The zero-order chi connectivity index (χ0) is 7.14. The smallest absolute Gasteiger partial charge is 0.101 e. The highest BCUT2D eigenvalue weighted by Gasteiger charge is 2.09. The molecule has 0 saturated carbocycles. The van der Waals surface area contributed by atoms with Crippen molar-refractivity contribution < 1.29 is 0 Å². The van der Waals surface area contributed by atoms with E-state index in [1.165, 1.54) is 11.1 Å². The highest BCUT2D eigenvalue weighted by atomic mass is 32.1. The predicted octanol–water partition coefficient (Wildman–Crippen LogP) is 2.32. The second-order valence-electron chi connectivity index (χ2n) is 2.43. The number of fused-ring (bicyclic) bond motifs is 2. The van der Waals surface area contributed by atoms with Crippen LogP contribution in [-0.4, -0.2) is 5.04 Å². The van der Waals surface area contributed by atoms with Crippen LogP contribution in [0.25, 0.3) is 0 Å². The summed E-state index contributed by atoms with van der Waals surface area (Å²) in [5.41, 5.74) is 3.43. The SMILES string of the molecule is Cc1ccc2cc1C(S)=N2. The van der Waals surface area contributed by atoms with Gasteiger partial charge in [-0.15, -0.1) is 12.6 Å². The van der Waals surface area contributed by atoms with Crippen LogP contribution in [0.1, 0.15) is 11.1 Å². The van der Waals surface area contributed by atoms with Gasteiger partial charge in [0.05, 0.1) is 5.69 Å². The van der Waals surface area contributed by atoms with Gasteiger partial charge in [0.15, 0.2) is 0 Å². The third kappa shape index (κ3) is 0.688. The molecule has 2 rings (SSSR count). The molecule has 1 aromatic carbocycles. The second kappa shape index (κ2) is 1.86. The highest BCUT2D eigenvalue weighted by molar-refractivity contribution is 7.97. The summed E-state index contributed by atoms with van der Waals surface area (Å²) in [6.07, 6.45) is 0. The van der Waals surface area contributed by atoms with E-state index in [4.69, 9.17) is 0 Å². The van der Waals surface area contributed by atoms with Crippen LogP contribution in [0.3, 0.4) is 0 Å². The van der Waals surface area contributed by atoms with Gasteiger partial charge in [-0.3, -0.25) is 0 Å². The largest absolute Gasteiger partial charge is 0.242 e. The van der Waals surface area contributed by atoms with E-state index in [0.717, 1.165) is 10.7 Å². The number of thiol groups is 1. The van der Waals surface area contributed by atoms with Crippen molar-refractivity contribution in [3.05, 3.63) is 29.3 Å². The molecule has 0 N–H and O–H groups in total. The first kappa shape index (κ1) is 5.98. The van der Waals surface area contributed by atoms with E-state index in [-0.39, 0.29) is 0 Å². The number of aliphatic imine (C=N–C) groups is 1. The molecular formula is C8H7NS. The summed E-state index contributed by atoms with van der Waals surface area (Å²) >= 11 is 4.23. The number of nitrogens with zero attached hydrogens (tertiary/aromatic N) is 1. The van der Waals surface area contributed by atoms with Crippen molar-refractivity contribution in [3.8, 4) is 0 Å². The minimum Gasteiger partial charge on any atom is -0.242 e. The Morgan fingerprint density at radius 1 is 1.40 bits per heavy atom. The first-order valence-electron chi connectivity index (χ1n) is 3.16. The molecule has 1 aliphatic heterocycles. The van der Waals surface area contributed by atoms with Crippen molar-refractivity contribution >= 4 is 23.4 Å². The van der Waals surface area contributed by atoms with Crippen molar-refractivity contribution in [2.45, 2.75) is 6.92 Å². The number of hydrogen-bond acceptors (Lipinski definition) is 1. The summed E-state index contributed by atoms with van der Waals surface area (Å²) in [5, 5.41) is 0.845. The molecule has 1 aromatic rings. The number of rotatable bonds is 0. The Balaban J connectivity index is 2.75. The zero-order valence-electron chi connectivity index (χ0n) is 5.63. The Kier molecular flexibility index (Phi) is 1.11. The predicted molar refractivity (Wildman–Crippen MR) is 46.4 cm³/mol. The van der Waals surface area contributed by atoms with Gasteiger partial charge < -0.3 is 0 Å². The molecule has 0 saturated heterocycles. The van der Waals surface area contributed by atoms with Crippen LogP contribution >= 0.6 is 12.6 Å². The summed E-state index contributed by atoms with van der Waals surface area (Å²) in [6.45, 7) is 2.07. The quantitative estimate of drug-likeness (QED) is 0.543. The standard InChI is InChI=1S/C8H7NS/c1-5-2-3-6-4-7(5)8(10)9-6/h2-4H,1H3,(H,9,10). The van der Waals surface area contributed by atoms with E-state index in [9.17, 15) is 0 Å². The average molecular weight is 149 g/mol. The van der Waals surface area contributed by atoms with Crippen molar-refractivity contribution in [1.29, 1.82) is 0 Å². The van der Waals surface area contributed by atoms with Crippen LogP contribution in [-0.2, 0) is 0 Å². The average Bonchev–Trinajstić information content (AvgIpc) is 2.21. The third-order valence-electron chi connectivity index (χ3n) is 1.70. The van der Waals surface area contributed by atoms with Crippen molar-refractivity contribution in [2.24, 2.45) is 4.99 Å². The van der Waals surface area contributed by atoms with Crippen LogP contribution in [0.4, 0.5) is 5.69 Å². The molecular weight excluding hydrogens is 142 g/mol. The van der Waals surface area contributed by atoms with Gasteiger partial charge in [0.1, 0.15) is 5.04 Å². The topological polar surface area (TPSA) is 12.4 Å². The Bertz CT molecular complexity index is 315. The van der Waals surface area contributed by atoms with Gasteiger partial charge in [-0.25, -0.2) is 4.99 Å². The summed E-state index contributed by atoms with van der Waals surface area (Å²) in [5.74, 6) is 0. The molecule has 0 radical (unpaired) electrons. The fourth-order valence-electron chi connectivity index (χ4n) is 1.10. The van der Waals surface area contributed by atoms with Crippen LogP contribution in [0.2, 0.25) is 0 Å². The molecule has 0 aliphatic carbocycles. The molecule has 0 fully saturated rings. The molecule has 0 aromatic heterocycles. The molecule has 1 nitrogen and oxygen atoms in total. The first-order valence-corrected chi connectivity index (χ1v) is 3.61. The van der Waals surface area contributed by atoms with Crippen molar-refractivity contribution in [1.82, 2.24) is 0 Å². The van der Waals surface area contributed by atoms with E-state index in [1.54, 1.807) is 0 Å². The van der Waals surface area contributed by atoms with Gasteiger partial charge in [-0.05, 0) is 24.6 Å². The lowest BCUT2D eigenvalue weighted by Crippen LogP contribution is -1.86. The Labute approximate surface area is 65.2 Å². The monoisotopic (exact) mass is 149 g/mol. The number of aryl methyl sites for hydroxylation is 1. The van der Waals surface area contributed by atoms with Gasteiger partial charge in [-0.2, -0.15) is 0 Å². The molecule has 0 atom stereocenters. The molecule has 0 amide bonds. The lowest BCUT2D eigenvalue weighted by Gasteiger charge is -1.94. The van der Waals surface area contributed by atoms with Crippen LogP contribution < -0.4 is 0 Å². The van der Waals surface area contributed by atoms with Gasteiger partial charge >= 0.3 is 0 Å². The van der Waals surface area contributed by atoms with E-state index >= 15 is 0 Å². The van der Waals surface area contributed by atoms with E-state index in [0.29, 0.717) is 0 Å². The normalized spacial score (nSPS) is 13.6.